The number of ether oxygens (including phenoxy) is 1. The fourth-order valence-corrected chi connectivity index (χ4v) is 2.48. The molecule has 0 saturated heterocycles. The number of rotatable bonds is 5. The summed E-state index contributed by atoms with van der Waals surface area (Å²) in [5.41, 5.74) is 0.622. The molecule has 2 rings (SSSR count). The molecule has 0 bridgehead atoms. The number of carbonyl (C=O) groups excluding carboxylic acids is 2. The molecule has 4 nitrogen and oxygen atoms in total. The lowest BCUT2D eigenvalue weighted by Gasteiger charge is -2.10. The molecule has 1 amide bonds. The Morgan fingerprint density at radius 3 is 2.50 bits per heavy atom. The Morgan fingerprint density at radius 1 is 1.15 bits per heavy atom. The molecule has 1 aromatic heterocycles. The van der Waals surface area contributed by atoms with Crippen molar-refractivity contribution in [2.24, 2.45) is 0 Å². The monoisotopic (exact) mass is 289 g/mol. The van der Waals surface area contributed by atoms with E-state index in [0.29, 0.717) is 27.8 Å². The summed E-state index contributed by atoms with van der Waals surface area (Å²) in [6.07, 6.45) is 0. The number of carbonyl (C=O) groups is 2. The van der Waals surface area contributed by atoms with Crippen LogP contribution in [0.4, 0.5) is 5.69 Å². The smallest absolute Gasteiger partial charge is 0.265 e. The Kier molecular flexibility index (Phi) is 4.53. The Hall–Kier alpha value is -2.14. The maximum atomic E-state index is 12.1. The van der Waals surface area contributed by atoms with Gasteiger partial charge >= 0.3 is 0 Å². The fraction of sp³-hybridized carbons (Fsp3) is 0.200. The molecule has 0 spiro atoms. The summed E-state index contributed by atoms with van der Waals surface area (Å²) in [6.45, 7) is 3.90. The van der Waals surface area contributed by atoms with E-state index in [1.807, 2.05) is 19.1 Å². The van der Waals surface area contributed by atoms with Gasteiger partial charge in [0.15, 0.2) is 5.78 Å². The van der Waals surface area contributed by atoms with E-state index in [4.69, 9.17) is 4.74 Å². The predicted octanol–water partition coefficient (Wildman–Crippen LogP) is 3.60. The normalized spacial score (nSPS) is 10.1. The zero-order valence-electron chi connectivity index (χ0n) is 11.3. The minimum Gasteiger partial charge on any atom is -0.492 e. The van der Waals surface area contributed by atoms with Crippen molar-refractivity contribution in [3.8, 4) is 5.75 Å². The van der Waals surface area contributed by atoms with Gasteiger partial charge in [0, 0.05) is 0 Å². The average molecular weight is 289 g/mol. The van der Waals surface area contributed by atoms with Crippen LogP contribution in [0.3, 0.4) is 0 Å². The number of amides is 1. The van der Waals surface area contributed by atoms with Crippen molar-refractivity contribution >= 4 is 28.7 Å². The summed E-state index contributed by atoms with van der Waals surface area (Å²) in [5.74, 6) is 0.352. The maximum Gasteiger partial charge on any atom is 0.265 e. The zero-order valence-corrected chi connectivity index (χ0v) is 12.1. The molecule has 104 valence electrons. The Morgan fingerprint density at radius 2 is 1.85 bits per heavy atom. The van der Waals surface area contributed by atoms with E-state index in [-0.39, 0.29) is 11.7 Å². The molecule has 1 heterocycles. The van der Waals surface area contributed by atoms with Gasteiger partial charge in [0.1, 0.15) is 5.75 Å². The van der Waals surface area contributed by atoms with E-state index in [1.54, 1.807) is 24.3 Å². The summed E-state index contributed by atoms with van der Waals surface area (Å²) in [7, 11) is 0. The van der Waals surface area contributed by atoms with Crippen molar-refractivity contribution in [3.05, 3.63) is 46.2 Å². The van der Waals surface area contributed by atoms with Crippen molar-refractivity contribution < 1.29 is 14.3 Å². The number of thiophene rings is 1. The van der Waals surface area contributed by atoms with Gasteiger partial charge in [-0.25, -0.2) is 0 Å². The number of ketones is 1. The lowest BCUT2D eigenvalue weighted by Crippen LogP contribution is -2.11. The highest BCUT2D eigenvalue weighted by Crippen LogP contribution is 2.25. The van der Waals surface area contributed by atoms with Crippen molar-refractivity contribution in [3.63, 3.8) is 0 Å². The first kappa shape index (κ1) is 14.3. The number of hydrogen-bond acceptors (Lipinski definition) is 4. The lowest BCUT2D eigenvalue weighted by molar-refractivity contribution is 0.101. The second-order valence-electron chi connectivity index (χ2n) is 4.10. The fourth-order valence-electron chi connectivity index (χ4n) is 1.68. The van der Waals surface area contributed by atoms with E-state index in [2.05, 4.69) is 5.32 Å². The summed E-state index contributed by atoms with van der Waals surface area (Å²) in [4.78, 5) is 24.5. The summed E-state index contributed by atoms with van der Waals surface area (Å²) < 4.78 is 5.45. The molecule has 1 N–H and O–H groups in total. The van der Waals surface area contributed by atoms with Gasteiger partial charge in [-0.2, -0.15) is 0 Å². The maximum absolute atomic E-state index is 12.1. The third kappa shape index (κ3) is 3.24. The molecule has 0 unspecified atom stereocenters. The van der Waals surface area contributed by atoms with Gasteiger partial charge in [0.05, 0.1) is 22.0 Å². The number of hydrogen-bond donors (Lipinski definition) is 1. The van der Waals surface area contributed by atoms with Crippen LogP contribution < -0.4 is 10.1 Å². The largest absolute Gasteiger partial charge is 0.492 e. The van der Waals surface area contributed by atoms with Crippen LogP contribution in [0.1, 0.15) is 33.2 Å². The quantitative estimate of drug-likeness (QED) is 0.856. The number of nitrogens with one attached hydrogen (secondary N) is 1. The van der Waals surface area contributed by atoms with Crippen LogP contribution in [-0.4, -0.2) is 18.3 Å². The van der Waals surface area contributed by atoms with Crippen LogP contribution >= 0.6 is 11.3 Å². The molecular formula is C15H15NO3S. The summed E-state index contributed by atoms with van der Waals surface area (Å²) in [5, 5.41) is 2.80. The van der Waals surface area contributed by atoms with Crippen LogP contribution in [0.2, 0.25) is 0 Å². The summed E-state index contributed by atoms with van der Waals surface area (Å²) in [6, 6.07) is 10.6. The van der Waals surface area contributed by atoms with Gasteiger partial charge in [0.2, 0.25) is 0 Å². The lowest BCUT2D eigenvalue weighted by atomic mass is 10.3. The Labute approximate surface area is 121 Å². The molecule has 0 saturated carbocycles. The number of anilines is 1. The zero-order chi connectivity index (χ0) is 14.5. The topological polar surface area (TPSA) is 55.4 Å². The van der Waals surface area contributed by atoms with Gasteiger partial charge in [-0.05, 0) is 38.1 Å². The molecule has 0 radical (unpaired) electrons. The van der Waals surface area contributed by atoms with E-state index >= 15 is 0 Å². The second kappa shape index (κ2) is 6.34. The minimum absolute atomic E-state index is 0.0382. The van der Waals surface area contributed by atoms with Crippen molar-refractivity contribution in [1.29, 1.82) is 0 Å². The first-order valence-electron chi connectivity index (χ1n) is 6.25. The third-order valence-corrected chi connectivity index (χ3v) is 3.80. The molecule has 1 aromatic carbocycles. The Bertz CT molecular complexity index is 634. The molecule has 2 aromatic rings. The molecule has 0 aliphatic rings. The van der Waals surface area contributed by atoms with Gasteiger partial charge in [-0.3, -0.25) is 9.59 Å². The van der Waals surface area contributed by atoms with Crippen LogP contribution in [0.15, 0.2) is 36.4 Å². The number of benzene rings is 1. The van der Waals surface area contributed by atoms with Gasteiger partial charge < -0.3 is 10.1 Å². The summed E-state index contributed by atoms with van der Waals surface area (Å²) >= 11 is 1.19. The molecule has 0 aliphatic heterocycles. The molecule has 0 aliphatic carbocycles. The SMILES string of the molecule is CCOc1ccccc1NC(=O)c1ccc(C(C)=O)s1. The molecule has 0 atom stereocenters. The first-order chi connectivity index (χ1) is 9.61. The second-order valence-corrected chi connectivity index (χ2v) is 5.19. The highest BCUT2D eigenvalue weighted by Gasteiger charge is 2.13. The first-order valence-corrected chi connectivity index (χ1v) is 7.07. The highest BCUT2D eigenvalue weighted by atomic mass is 32.1. The highest BCUT2D eigenvalue weighted by molar-refractivity contribution is 7.16. The van der Waals surface area contributed by atoms with Crippen molar-refractivity contribution in [2.45, 2.75) is 13.8 Å². The van der Waals surface area contributed by atoms with Gasteiger partial charge in [-0.15, -0.1) is 11.3 Å². The molecular weight excluding hydrogens is 274 g/mol. The number of para-hydroxylation sites is 2. The minimum atomic E-state index is -0.241. The molecule has 0 fully saturated rings. The predicted molar refractivity (Wildman–Crippen MR) is 79.9 cm³/mol. The number of Topliss-reactive ketones (excluding diaryl/α,β-unsaturated/α-hetero) is 1. The van der Waals surface area contributed by atoms with Crippen molar-refractivity contribution in [1.82, 2.24) is 0 Å². The van der Waals surface area contributed by atoms with E-state index < -0.39 is 0 Å². The van der Waals surface area contributed by atoms with Crippen molar-refractivity contribution in [2.75, 3.05) is 11.9 Å². The molecule has 20 heavy (non-hydrogen) atoms. The standard InChI is InChI=1S/C15H15NO3S/c1-3-19-12-7-5-4-6-11(12)16-15(18)14-9-8-13(20-14)10(2)17/h4-9H,3H2,1-2H3,(H,16,18). The van der Waals surface area contributed by atoms with Crippen LogP contribution in [-0.2, 0) is 0 Å². The Balaban J connectivity index is 2.16. The third-order valence-electron chi connectivity index (χ3n) is 2.61. The van der Waals surface area contributed by atoms with Gasteiger partial charge in [-0.1, -0.05) is 12.1 Å². The van der Waals surface area contributed by atoms with E-state index in [0.717, 1.165) is 0 Å². The molecule has 5 heteroatoms. The van der Waals surface area contributed by atoms with Crippen LogP contribution in [0.25, 0.3) is 0 Å². The average Bonchev–Trinajstić information content (AvgIpc) is 2.91. The van der Waals surface area contributed by atoms with Crippen LogP contribution in [0.5, 0.6) is 5.75 Å². The van der Waals surface area contributed by atoms with E-state index in [9.17, 15) is 9.59 Å². The van der Waals surface area contributed by atoms with E-state index in [1.165, 1.54) is 18.3 Å². The van der Waals surface area contributed by atoms with Gasteiger partial charge in [0.25, 0.3) is 5.91 Å². The van der Waals surface area contributed by atoms with Crippen LogP contribution in [0, 0.1) is 0 Å².